The molecule has 0 spiro atoms. The smallest absolute Gasteiger partial charge is 0.404 e. The van der Waals surface area contributed by atoms with Crippen molar-refractivity contribution in [3.63, 3.8) is 0 Å². The summed E-state index contributed by atoms with van der Waals surface area (Å²) >= 11 is 0. The van der Waals surface area contributed by atoms with Crippen LogP contribution in [0.2, 0.25) is 0 Å². The number of hydrogen-bond acceptors (Lipinski definition) is 4. The van der Waals surface area contributed by atoms with Crippen LogP contribution in [0.25, 0.3) is 11.0 Å². The fourth-order valence-corrected chi connectivity index (χ4v) is 3.94. The highest BCUT2D eigenvalue weighted by Crippen LogP contribution is 2.41. The maximum absolute atomic E-state index is 10.7. The van der Waals surface area contributed by atoms with E-state index in [0.29, 0.717) is 18.7 Å². The fraction of sp³-hybridized carbons (Fsp3) is 0.500. The minimum atomic E-state index is -1.01. The molecule has 1 amide bonds. The summed E-state index contributed by atoms with van der Waals surface area (Å²) < 4.78 is 2.00. The van der Waals surface area contributed by atoms with Gasteiger partial charge >= 0.3 is 6.09 Å². The van der Waals surface area contributed by atoms with E-state index in [0.717, 1.165) is 36.7 Å². The standard InChI is InChI=1S/C18H22N4O3/c19-8-13-3-4-15-16(6-13)22(12-21-15)10-18(11-23)5-1-2-14(7-18)9-20-17(24)25/h3-4,6,12,14,20,23H,1-2,5,7,9-11H2,(H,24,25)/t14?,18-/m1/s1. The SMILES string of the molecule is N#Cc1ccc2ncn(C[C@@]3(CO)CCCC(CNC(=O)O)C3)c2c1. The lowest BCUT2D eigenvalue weighted by Gasteiger charge is -2.40. The Kier molecular flexibility index (Phi) is 4.91. The summed E-state index contributed by atoms with van der Waals surface area (Å²) in [6.45, 7) is 1.08. The highest BCUT2D eigenvalue weighted by molar-refractivity contribution is 5.77. The van der Waals surface area contributed by atoms with Gasteiger partial charge < -0.3 is 20.1 Å². The van der Waals surface area contributed by atoms with Gasteiger partial charge in [-0.1, -0.05) is 6.42 Å². The molecule has 0 saturated heterocycles. The highest BCUT2D eigenvalue weighted by atomic mass is 16.4. The van der Waals surface area contributed by atoms with Gasteiger partial charge in [0.15, 0.2) is 0 Å². The van der Waals surface area contributed by atoms with Crippen molar-refractivity contribution in [2.45, 2.75) is 32.2 Å². The van der Waals surface area contributed by atoms with Gasteiger partial charge in [-0.05, 0) is 43.4 Å². The van der Waals surface area contributed by atoms with E-state index in [1.54, 1.807) is 12.4 Å². The number of benzene rings is 1. The molecule has 3 N–H and O–H groups in total. The second kappa shape index (κ2) is 7.11. The van der Waals surface area contributed by atoms with Crippen molar-refractivity contribution in [1.82, 2.24) is 14.9 Å². The molecule has 7 heteroatoms. The van der Waals surface area contributed by atoms with Crippen molar-refractivity contribution in [1.29, 1.82) is 5.26 Å². The monoisotopic (exact) mass is 342 g/mol. The first-order chi connectivity index (χ1) is 12.0. The van der Waals surface area contributed by atoms with E-state index >= 15 is 0 Å². The number of carboxylic acid groups (broad SMARTS) is 1. The number of nitrogens with zero attached hydrogens (tertiary/aromatic N) is 3. The summed E-state index contributed by atoms with van der Waals surface area (Å²) in [7, 11) is 0. The third-order valence-corrected chi connectivity index (χ3v) is 5.17. The Hall–Kier alpha value is -2.59. The van der Waals surface area contributed by atoms with Crippen LogP contribution in [0.1, 0.15) is 31.2 Å². The van der Waals surface area contributed by atoms with Gasteiger partial charge in [0, 0.05) is 18.5 Å². The molecule has 1 aliphatic carbocycles. The van der Waals surface area contributed by atoms with Crippen LogP contribution in [0.4, 0.5) is 4.79 Å². The Morgan fingerprint density at radius 3 is 3.08 bits per heavy atom. The predicted molar refractivity (Wildman–Crippen MR) is 92.0 cm³/mol. The second-order valence-corrected chi connectivity index (χ2v) is 6.99. The third-order valence-electron chi connectivity index (χ3n) is 5.17. The summed E-state index contributed by atoms with van der Waals surface area (Å²) in [5.41, 5.74) is 2.00. The molecule has 2 aromatic rings. The van der Waals surface area contributed by atoms with Crippen LogP contribution in [-0.4, -0.2) is 39.0 Å². The van der Waals surface area contributed by atoms with Crippen LogP contribution in [0.3, 0.4) is 0 Å². The number of fused-ring (bicyclic) bond motifs is 1. The van der Waals surface area contributed by atoms with E-state index in [1.165, 1.54) is 0 Å². The van der Waals surface area contributed by atoms with Crippen molar-refractivity contribution >= 4 is 17.1 Å². The first kappa shape index (κ1) is 17.2. The van der Waals surface area contributed by atoms with Crippen molar-refractivity contribution in [3.8, 4) is 6.07 Å². The molecule has 0 radical (unpaired) electrons. The molecule has 1 aromatic carbocycles. The predicted octanol–water partition coefficient (Wildman–Crippen LogP) is 2.34. The number of carbonyl (C=O) groups is 1. The molecule has 1 heterocycles. The number of amides is 1. The second-order valence-electron chi connectivity index (χ2n) is 6.99. The van der Waals surface area contributed by atoms with Gasteiger partial charge in [-0.2, -0.15) is 5.26 Å². The van der Waals surface area contributed by atoms with Crippen LogP contribution in [0.15, 0.2) is 24.5 Å². The Morgan fingerprint density at radius 1 is 1.52 bits per heavy atom. The fourth-order valence-electron chi connectivity index (χ4n) is 3.94. The number of imidazole rings is 1. The Morgan fingerprint density at radius 2 is 2.36 bits per heavy atom. The number of aliphatic hydroxyl groups is 1. The Bertz CT molecular complexity index is 810. The molecule has 25 heavy (non-hydrogen) atoms. The molecule has 1 aromatic heterocycles. The van der Waals surface area contributed by atoms with Crippen LogP contribution < -0.4 is 5.32 Å². The van der Waals surface area contributed by atoms with Crippen LogP contribution in [0.5, 0.6) is 0 Å². The van der Waals surface area contributed by atoms with Crippen LogP contribution >= 0.6 is 0 Å². The molecular formula is C18H22N4O3. The number of hydrogen-bond donors (Lipinski definition) is 3. The third kappa shape index (κ3) is 3.74. The number of nitriles is 1. The first-order valence-electron chi connectivity index (χ1n) is 8.48. The quantitative estimate of drug-likeness (QED) is 0.772. The first-order valence-corrected chi connectivity index (χ1v) is 8.48. The van der Waals surface area contributed by atoms with Gasteiger partial charge in [0.25, 0.3) is 0 Å². The summed E-state index contributed by atoms with van der Waals surface area (Å²) in [4.78, 5) is 15.1. The Balaban J connectivity index is 1.81. The minimum absolute atomic E-state index is 0.0498. The zero-order chi connectivity index (χ0) is 17.9. The molecule has 0 bridgehead atoms. The van der Waals surface area contributed by atoms with E-state index in [2.05, 4.69) is 16.4 Å². The van der Waals surface area contributed by atoms with Crippen LogP contribution in [0, 0.1) is 22.7 Å². The van der Waals surface area contributed by atoms with Gasteiger partial charge in [0.1, 0.15) is 0 Å². The zero-order valence-corrected chi connectivity index (χ0v) is 14.0. The lowest BCUT2D eigenvalue weighted by Crippen LogP contribution is -2.39. The van der Waals surface area contributed by atoms with Crippen molar-refractivity contribution in [2.75, 3.05) is 13.2 Å². The Labute approximate surface area is 145 Å². The van der Waals surface area contributed by atoms with Crippen molar-refractivity contribution in [2.24, 2.45) is 11.3 Å². The highest BCUT2D eigenvalue weighted by Gasteiger charge is 2.36. The molecule has 7 nitrogen and oxygen atoms in total. The molecular weight excluding hydrogens is 320 g/mol. The maximum atomic E-state index is 10.7. The lowest BCUT2D eigenvalue weighted by molar-refractivity contribution is 0.0415. The maximum Gasteiger partial charge on any atom is 0.404 e. The van der Waals surface area contributed by atoms with E-state index in [4.69, 9.17) is 10.4 Å². The molecule has 132 valence electrons. The number of rotatable bonds is 5. The normalized spacial score (nSPS) is 23.3. The zero-order valence-electron chi connectivity index (χ0n) is 14.0. The van der Waals surface area contributed by atoms with Crippen molar-refractivity contribution in [3.05, 3.63) is 30.1 Å². The van der Waals surface area contributed by atoms with E-state index in [9.17, 15) is 9.90 Å². The summed E-state index contributed by atoms with van der Waals surface area (Å²) in [6, 6.07) is 7.54. The van der Waals surface area contributed by atoms with E-state index in [1.807, 2.05) is 16.7 Å². The van der Waals surface area contributed by atoms with E-state index in [-0.39, 0.29) is 17.9 Å². The number of aromatic nitrogens is 2. The molecule has 1 fully saturated rings. The van der Waals surface area contributed by atoms with Gasteiger partial charge in [-0.3, -0.25) is 0 Å². The van der Waals surface area contributed by atoms with Crippen molar-refractivity contribution < 1.29 is 15.0 Å². The molecule has 3 rings (SSSR count). The summed E-state index contributed by atoms with van der Waals surface area (Å²) in [6.07, 6.45) is 4.33. The molecule has 1 saturated carbocycles. The summed E-state index contributed by atoms with van der Waals surface area (Å²) in [5, 5.41) is 30.5. The summed E-state index contributed by atoms with van der Waals surface area (Å²) in [5.74, 6) is 0.224. The average molecular weight is 342 g/mol. The lowest BCUT2D eigenvalue weighted by atomic mass is 9.70. The number of nitrogens with one attached hydrogen (secondary N) is 1. The molecule has 0 aliphatic heterocycles. The van der Waals surface area contributed by atoms with E-state index < -0.39 is 6.09 Å². The largest absolute Gasteiger partial charge is 0.465 e. The van der Waals surface area contributed by atoms with Gasteiger partial charge in [-0.25, -0.2) is 9.78 Å². The topological polar surface area (TPSA) is 111 Å². The van der Waals surface area contributed by atoms with Crippen LogP contribution in [-0.2, 0) is 6.54 Å². The van der Waals surface area contributed by atoms with Gasteiger partial charge in [0.2, 0.25) is 0 Å². The molecule has 1 aliphatic rings. The molecule has 1 unspecified atom stereocenters. The average Bonchev–Trinajstić information content (AvgIpc) is 3.02. The van der Waals surface area contributed by atoms with Gasteiger partial charge in [-0.15, -0.1) is 0 Å². The molecule has 2 atom stereocenters. The minimum Gasteiger partial charge on any atom is -0.465 e. The number of aliphatic hydroxyl groups excluding tert-OH is 1. The van der Waals surface area contributed by atoms with Gasteiger partial charge in [0.05, 0.1) is 35.6 Å².